The first-order valence-corrected chi connectivity index (χ1v) is 7.66. The minimum absolute atomic E-state index is 0.00567. The van der Waals surface area contributed by atoms with Gasteiger partial charge in [-0.1, -0.05) is 12.2 Å². The fraction of sp³-hybridized carbons (Fsp3) is 0.750. The van der Waals surface area contributed by atoms with Crippen LogP contribution in [0, 0.1) is 11.8 Å². The lowest BCUT2D eigenvalue weighted by atomic mass is 9.70. The molecular weight excluding hydrogens is 270 g/mol. The van der Waals surface area contributed by atoms with Crippen LogP contribution in [0.15, 0.2) is 12.2 Å². The zero-order chi connectivity index (χ0) is 15.4. The molecule has 2 aliphatic heterocycles. The van der Waals surface area contributed by atoms with Gasteiger partial charge in [-0.2, -0.15) is 0 Å². The molecule has 0 radical (unpaired) electrons. The van der Waals surface area contributed by atoms with Gasteiger partial charge in [0, 0.05) is 13.0 Å². The molecule has 0 saturated carbocycles. The summed E-state index contributed by atoms with van der Waals surface area (Å²) in [4.78, 5) is 25.8. The molecule has 5 nitrogen and oxygen atoms in total. The minimum Gasteiger partial charge on any atom is -0.456 e. The zero-order valence-corrected chi connectivity index (χ0v) is 12.8. The van der Waals surface area contributed by atoms with Crippen LogP contribution in [0.2, 0.25) is 0 Å². The number of allylic oxidation sites excluding steroid dienone is 1. The predicted octanol–water partition coefficient (Wildman–Crippen LogP) is 1.26. The monoisotopic (exact) mass is 293 g/mol. The van der Waals surface area contributed by atoms with Crippen LogP contribution in [-0.2, 0) is 14.3 Å². The summed E-state index contributed by atoms with van der Waals surface area (Å²) in [6, 6.07) is 0. The number of aliphatic hydroxyl groups excluding tert-OH is 1. The van der Waals surface area contributed by atoms with E-state index >= 15 is 0 Å². The maximum absolute atomic E-state index is 12.5. The lowest BCUT2D eigenvalue weighted by Gasteiger charge is -2.47. The Morgan fingerprint density at radius 1 is 1.43 bits per heavy atom. The number of carbonyl (C=O) groups excluding carboxylic acids is 2. The normalized spacial score (nSPS) is 43.9. The van der Waals surface area contributed by atoms with E-state index in [-0.39, 0.29) is 24.2 Å². The van der Waals surface area contributed by atoms with Crippen LogP contribution < -0.4 is 0 Å². The molecule has 2 fully saturated rings. The molecule has 1 N–H and O–H groups in total. The Hall–Kier alpha value is -1.36. The van der Waals surface area contributed by atoms with Crippen LogP contribution in [0.5, 0.6) is 0 Å². The van der Waals surface area contributed by atoms with Crippen molar-refractivity contribution in [2.45, 2.75) is 56.8 Å². The van der Waals surface area contributed by atoms with Gasteiger partial charge in [0.2, 0.25) is 5.91 Å². The second-order valence-corrected chi connectivity index (χ2v) is 6.85. The van der Waals surface area contributed by atoms with Crippen LogP contribution in [-0.4, -0.2) is 46.2 Å². The first-order valence-electron chi connectivity index (χ1n) is 7.66. The Balaban J connectivity index is 2.01. The van der Waals surface area contributed by atoms with E-state index in [1.807, 2.05) is 13.0 Å². The molecule has 0 aromatic rings. The zero-order valence-electron chi connectivity index (χ0n) is 12.8. The van der Waals surface area contributed by atoms with Gasteiger partial charge in [-0.25, -0.2) is 0 Å². The molecule has 2 heterocycles. The van der Waals surface area contributed by atoms with Crippen molar-refractivity contribution in [3.05, 3.63) is 12.2 Å². The highest BCUT2D eigenvalue weighted by Crippen LogP contribution is 2.53. The summed E-state index contributed by atoms with van der Waals surface area (Å²) < 4.78 is 5.56. The van der Waals surface area contributed by atoms with E-state index in [9.17, 15) is 14.7 Å². The SMILES string of the molecule is CN1C(=O)C2CC(=O)OC2(C)C1(C)C(O)C1C=CCCC1. The number of rotatable bonds is 2. The van der Waals surface area contributed by atoms with E-state index in [4.69, 9.17) is 4.74 Å². The van der Waals surface area contributed by atoms with Crippen LogP contribution in [0.1, 0.15) is 39.5 Å². The van der Waals surface area contributed by atoms with Gasteiger partial charge in [0.05, 0.1) is 18.4 Å². The number of aliphatic hydroxyl groups is 1. The highest BCUT2D eigenvalue weighted by Gasteiger charge is 2.71. The molecule has 0 bridgehead atoms. The van der Waals surface area contributed by atoms with Crippen molar-refractivity contribution in [1.82, 2.24) is 4.90 Å². The summed E-state index contributed by atoms with van der Waals surface area (Å²) in [6.07, 6.45) is 6.44. The molecule has 1 aliphatic carbocycles. The number of ether oxygens (including phenoxy) is 1. The van der Waals surface area contributed by atoms with Crippen LogP contribution >= 0.6 is 0 Å². The molecule has 116 valence electrons. The van der Waals surface area contributed by atoms with E-state index in [1.54, 1.807) is 18.9 Å². The summed E-state index contributed by atoms with van der Waals surface area (Å²) in [6.45, 7) is 3.64. The highest BCUT2D eigenvalue weighted by molar-refractivity contribution is 5.91. The molecule has 5 atom stereocenters. The molecule has 0 aromatic heterocycles. The lowest BCUT2D eigenvalue weighted by molar-refractivity contribution is -0.168. The molecule has 0 spiro atoms. The molecule has 1 amide bonds. The number of esters is 1. The Bertz CT molecular complexity index is 516. The quantitative estimate of drug-likeness (QED) is 0.615. The van der Waals surface area contributed by atoms with Gasteiger partial charge in [-0.3, -0.25) is 9.59 Å². The molecule has 2 saturated heterocycles. The first-order chi connectivity index (χ1) is 9.82. The number of carbonyl (C=O) groups is 2. The standard InChI is InChI=1S/C16H23NO4/c1-15(13(19)10-7-5-4-6-8-10)16(2)11(9-12(18)21-16)14(20)17(15)3/h5,7,10-11,13,19H,4,6,8-9H2,1-3H3. The molecule has 5 heteroatoms. The number of hydrogen-bond acceptors (Lipinski definition) is 4. The molecule has 21 heavy (non-hydrogen) atoms. The first kappa shape index (κ1) is 14.6. The number of likely N-dealkylation sites (tertiary alicyclic amines) is 1. The summed E-state index contributed by atoms with van der Waals surface area (Å²) >= 11 is 0. The van der Waals surface area contributed by atoms with E-state index in [2.05, 4.69) is 6.08 Å². The fourth-order valence-electron chi connectivity index (χ4n) is 4.30. The number of fused-ring (bicyclic) bond motifs is 1. The van der Waals surface area contributed by atoms with Crippen molar-refractivity contribution in [3.63, 3.8) is 0 Å². The molecule has 0 aromatic carbocycles. The average molecular weight is 293 g/mol. The Labute approximate surface area is 124 Å². The van der Waals surface area contributed by atoms with Crippen molar-refractivity contribution >= 4 is 11.9 Å². The third kappa shape index (κ3) is 1.73. The van der Waals surface area contributed by atoms with Crippen LogP contribution in [0.25, 0.3) is 0 Å². The van der Waals surface area contributed by atoms with Crippen molar-refractivity contribution < 1.29 is 19.4 Å². The van der Waals surface area contributed by atoms with E-state index in [0.717, 1.165) is 19.3 Å². The predicted molar refractivity (Wildman–Crippen MR) is 76.3 cm³/mol. The second kappa shape index (κ2) is 4.57. The van der Waals surface area contributed by atoms with Gasteiger partial charge in [0.15, 0.2) is 0 Å². The number of nitrogens with zero attached hydrogens (tertiary/aromatic N) is 1. The Kier molecular flexibility index (Phi) is 3.17. The van der Waals surface area contributed by atoms with Gasteiger partial charge >= 0.3 is 5.97 Å². The minimum atomic E-state index is -0.958. The highest BCUT2D eigenvalue weighted by atomic mass is 16.6. The van der Waals surface area contributed by atoms with Crippen molar-refractivity contribution in [1.29, 1.82) is 0 Å². The fourth-order valence-corrected chi connectivity index (χ4v) is 4.30. The second-order valence-electron chi connectivity index (χ2n) is 6.85. The molecular formula is C16H23NO4. The number of likely N-dealkylation sites (N-methyl/N-ethyl adjacent to an activating group) is 1. The molecule has 3 aliphatic rings. The van der Waals surface area contributed by atoms with E-state index in [0.29, 0.717) is 0 Å². The van der Waals surface area contributed by atoms with Gasteiger partial charge in [-0.05, 0) is 33.1 Å². The molecule has 3 rings (SSSR count). The van der Waals surface area contributed by atoms with Crippen LogP contribution in [0.3, 0.4) is 0 Å². The third-order valence-corrected chi connectivity index (χ3v) is 5.97. The van der Waals surface area contributed by atoms with E-state index in [1.165, 1.54) is 0 Å². The topological polar surface area (TPSA) is 66.8 Å². The Morgan fingerprint density at radius 2 is 2.14 bits per heavy atom. The Morgan fingerprint density at radius 3 is 2.76 bits per heavy atom. The summed E-state index contributed by atoms with van der Waals surface area (Å²) in [7, 11) is 1.70. The van der Waals surface area contributed by atoms with Gasteiger partial charge < -0.3 is 14.7 Å². The lowest BCUT2D eigenvalue weighted by Crippen LogP contribution is -2.64. The van der Waals surface area contributed by atoms with Gasteiger partial charge in [0.1, 0.15) is 11.1 Å². The maximum Gasteiger partial charge on any atom is 0.307 e. The summed E-state index contributed by atoms with van der Waals surface area (Å²) in [5.74, 6) is -0.942. The maximum atomic E-state index is 12.5. The number of hydrogen-bond donors (Lipinski definition) is 1. The summed E-state index contributed by atoms with van der Waals surface area (Å²) in [5, 5.41) is 11.0. The van der Waals surface area contributed by atoms with Gasteiger partial charge in [-0.15, -0.1) is 0 Å². The largest absolute Gasteiger partial charge is 0.456 e. The van der Waals surface area contributed by atoms with Gasteiger partial charge in [0.25, 0.3) is 0 Å². The summed E-state index contributed by atoms with van der Waals surface area (Å²) in [5.41, 5.74) is -1.85. The molecule has 5 unspecified atom stereocenters. The van der Waals surface area contributed by atoms with Crippen LogP contribution in [0.4, 0.5) is 0 Å². The third-order valence-electron chi connectivity index (χ3n) is 5.97. The van der Waals surface area contributed by atoms with Crippen molar-refractivity contribution in [3.8, 4) is 0 Å². The number of amides is 1. The van der Waals surface area contributed by atoms with Crippen molar-refractivity contribution in [2.75, 3.05) is 7.05 Å². The smallest absolute Gasteiger partial charge is 0.307 e. The van der Waals surface area contributed by atoms with E-state index < -0.39 is 23.2 Å². The van der Waals surface area contributed by atoms with Crippen molar-refractivity contribution in [2.24, 2.45) is 11.8 Å². The average Bonchev–Trinajstić information content (AvgIpc) is 2.86.